The number of hydrogen-bond donors (Lipinski definition) is 1. The molecule has 0 bridgehead atoms. The van der Waals surface area contributed by atoms with Crippen LogP contribution in [0, 0.1) is 5.82 Å². The predicted octanol–water partition coefficient (Wildman–Crippen LogP) is 2.82. The Labute approximate surface area is 172 Å². The molecule has 9 nitrogen and oxygen atoms in total. The molecule has 4 heterocycles. The van der Waals surface area contributed by atoms with Crippen molar-refractivity contribution in [3.8, 4) is 11.8 Å². The minimum atomic E-state index is -0.599. The highest BCUT2D eigenvalue weighted by molar-refractivity contribution is 6.03. The number of nitrogens with zero attached hydrogens (tertiary/aromatic N) is 4. The summed E-state index contributed by atoms with van der Waals surface area (Å²) in [6.45, 7) is 3.57. The monoisotopic (exact) mass is 415 g/mol. The minimum Gasteiger partial charge on any atom is -0.480 e. The lowest BCUT2D eigenvalue weighted by molar-refractivity contribution is 0.0794. The number of ether oxygens (including phenoxy) is 3. The standard InChI is InChI=1S/C20H22FN5O4/c1-3-30-20-17-23-15(12-5-4-6-29-11-12)9-26(17)10-16(25-20)18(27)24-14-7-13(21)8-22-19(14)28-2/h7-10,12H,3-6,11H2,1-2H3,(H,24,27)/t12-/m0/s1. The van der Waals surface area contributed by atoms with Crippen LogP contribution in [-0.2, 0) is 4.74 Å². The molecule has 0 aromatic carbocycles. The highest BCUT2D eigenvalue weighted by Gasteiger charge is 2.22. The van der Waals surface area contributed by atoms with E-state index in [4.69, 9.17) is 14.2 Å². The fraction of sp³-hybridized carbons (Fsp3) is 0.400. The maximum Gasteiger partial charge on any atom is 0.276 e. The summed E-state index contributed by atoms with van der Waals surface area (Å²) in [6.07, 6.45) is 6.40. The number of aromatic nitrogens is 4. The van der Waals surface area contributed by atoms with Crippen LogP contribution >= 0.6 is 0 Å². The number of fused-ring (bicyclic) bond motifs is 1. The SMILES string of the molecule is CCOc1nc(C(=O)Nc2cc(F)cnc2OC)cn2cc([C@H]3CCCOC3)nc12. The van der Waals surface area contributed by atoms with E-state index in [-0.39, 0.29) is 29.1 Å². The molecule has 1 amide bonds. The number of carbonyl (C=O) groups excluding carboxylic acids is 1. The molecule has 1 fully saturated rings. The Bertz CT molecular complexity index is 1060. The summed E-state index contributed by atoms with van der Waals surface area (Å²) < 4.78 is 31.5. The summed E-state index contributed by atoms with van der Waals surface area (Å²) in [5.41, 5.74) is 1.58. The Morgan fingerprint density at radius 3 is 2.97 bits per heavy atom. The van der Waals surface area contributed by atoms with Crippen molar-refractivity contribution in [3.05, 3.63) is 41.9 Å². The molecule has 3 aromatic rings. The van der Waals surface area contributed by atoms with Crippen molar-refractivity contribution in [2.75, 3.05) is 32.2 Å². The molecule has 0 spiro atoms. The molecule has 4 rings (SSSR count). The zero-order valence-electron chi connectivity index (χ0n) is 16.7. The topological polar surface area (TPSA) is 99.9 Å². The van der Waals surface area contributed by atoms with E-state index in [1.807, 2.05) is 13.1 Å². The van der Waals surface area contributed by atoms with Crippen molar-refractivity contribution >= 4 is 17.2 Å². The van der Waals surface area contributed by atoms with Gasteiger partial charge in [0, 0.05) is 31.0 Å². The Morgan fingerprint density at radius 1 is 1.37 bits per heavy atom. The van der Waals surface area contributed by atoms with Crippen molar-refractivity contribution in [2.45, 2.75) is 25.7 Å². The van der Waals surface area contributed by atoms with Gasteiger partial charge in [-0.25, -0.2) is 19.3 Å². The molecule has 1 aliphatic rings. The number of imidazole rings is 1. The van der Waals surface area contributed by atoms with Crippen LogP contribution < -0.4 is 14.8 Å². The predicted molar refractivity (Wildman–Crippen MR) is 106 cm³/mol. The third kappa shape index (κ3) is 4.04. The van der Waals surface area contributed by atoms with Gasteiger partial charge in [-0.1, -0.05) is 0 Å². The van der Waals surface area contributed by atoms with Gasteiger partial charge in [-0.3, -0.25) is 9.20 Å². The molecule has 0 unspecified atom stereocenters. The van der Waals surface area contributed by atoms with Gasteiger partial charge >= 0.3 is 0 Å². The zero-order chi connectivity index (χ0) is 21.1. The molecule has 10 heteroatoms. The third-order valence-corrected chi connectivity index (χ3v) is 4.78. The van der Waals surface area contributed by atoms with E-state index in [1.165, 1.54) is 7.11 Å². The van der Waals surface area contributed by atoms with Gasteiger partial charge in [0.25, 0.3) is 11.8 Å². The van der Waals surface area contributed by atoms with Crippen LogP contribution in [-0.4, -0.2) is 52.2 Å². The van der Waals surface area contributed by atoms with Gasteiger partial charge in [0.15, 0.2) is 0 Å². The van der Waals surface area contributed by atoms with Crippen LogP contribution in [0.25, 0.3) is 5.65 Å². The number of amides is 1. The second-order valence-electron chi connectivity index (χ2n) is 6.84. The first-order valence-electron chi connectivity index (χ1n) is 9.70. The van der Waals surface area contributed by atoms with Gasteiger partial charge in [-0.05, 0) is 19.8 Å². The number of nitrogens with one attached hydrogen (secondary N) is 1. The average molecular weight is 415 g/mol. The first-order valence-corrected chi connectivity index (χ1v) is 9.70. The van der Waals surface area contributed by atoms with E-state index >= 15 is 0 Å². The summed E-state index contributed by atoms with van der Waals surface area (Å²) in [5.74, 6) is -0.623. The summed E-state index contributed by atoms with van der Waals surface area (Å²) in [5, 5.41) is 2.58. The number of carbonyl (C=O) groups is 1. The van der Waals surface area contributed by atoms with Gasteiger partial charge in [-0.2, -0.15) is 0 Å². The normalized spacial score (nSPS) is 16.4. The fourth-order valence-corrected chi connectivity index (χ4v) is 3.37. The van der Waals surface area contributed by atoms with E-state index in [0.717, 1.165) is 37.4 Å². The number of rotatable bonds is 6. The van der Waals surface area contributed by atoms with E-state index in [2.05, 4.69) is 20.3 Å². The maximum atomic E-state index is 13.6. The van der Waals surface area contributed by atoms with Crippen molar-refractivity contribution in [1.29, 1.82) is 0 Å². The van der Waals surface area contributed by atoms with E-state index in [1.54, 1.807) is 10.6 Å². The minimum absolute atomic E-state index is 0.0844. The Hall–Kier alpha value is -3.27. The van der Waals surface area contributed by atoms with Crippen molar-refractivity contribution in [1.82, 2.24) is 19.4 Å². The fourth-order valence-electron chi connectivity index (χ4n) is 3.37. The van der Waals surface area contributed by atoms with Crippen LogP contribution in [0.5, 0.6) is 11.8 Å². The molecule has 0 aliphatic carbocycles. The lowest BCUT2D eigenvalue weighted by atomic mass is 9.99. The number of hydrogen-bond acceptors (Lipinski definition) is 7. The molecule has 1 saturated heterocycles. The van der Waals surface area contributed by atoms with Crippen LogP contribution in [0.1, 0.15) is 41.9 Å². The van der Waals surface area contributed by atoms with Gasteiger partial charge in [0.05, 0.1) is 32.2 Å². The lowest BCUT2D eigenvalue weighted by Gasteiger charge is -2.19. The number of methoxy groups -OCH3 is 1. The molecular formula is C20H22FN5O4. The lowest BCUT2D eigenvalue weighted by Crippen LogP contribution is -2.16. The number of halogens is 1. The smallest absolute Gasteiger partial charge is 0.276 e. The van der Waals surface area contributed by atoms with Gasteiger partial charge in [0.1, 0.15) is 17.2 Å². The molecule has 1 N–H and O–H groups in total. The molecule has 0 radical (unpaired) electrons. The highest BCUT2D eigenvalue weighted by Crippen LogP contribution is 2.28. The summed E-state index contributed by atoms with van der Waals surface area (Å²) >= 11 is 0. The van der Waals surface area contributed by atoms with E-state index < -0.39 is 11.7 Å². The van der Waals surface area contributed by atoms with Crippen molar-refractivity contribution < 1.29 is 23.4 Å². The Morgan fingerprint density at radius 2 is 2.23 bits per heavy atom. The van der Waals surface area contributed by atoms with Gasteiger partial charge in [-0.15, -0.1) is 0 Å². The van der Waals surface area contributed by atoms with Crippen LogP contribution in [0.2, 0.25) is 0 Å². The second-order valence-corrected chi connectivity index (χ2v) is 6.84. The quantitative estimate of drug-likeness (QED) is 0.661. The van der Waals surface area contributed by atoms with Gasteiger partial charge in [0.2, 0.25) is 11.5 Å². The van der Waals surface area contributed by atoms with Crippen LogP contribution in [0.4, 0.5) is 10.1 Å². The summed E-state index contributed by atoms with van der Waals surface area (Å²) in [4.78, 5) is 25.6. The van der Waals surface area contributed by atoms with Gasteiger partial charge < -0.3 is 19.5 Å². The van der Waals surface area contributed by atoms with E-state index in [9.17, 15) is 9.18 Å². The molecule has 1 atom stereocenters. The summed E-state index contributed by atoms with van der Waals surface area (Å²) in [7, 11) is 1.38. The van der Waals surface area contributed by atoms with E-state index in [0.29, 0.717) is 18.9 Å². The highest BCUT2D eigenvalue weighted by atomic mass is 19.1. The molecule has 158 valence electrons. The second kappa shape index (κ2) is 8.62. The molecule has 0 saturated carbocycles. The largest absolute Gasteiger partial charge is 0.480 e. The van der Waals surface area contributed by atoms with Crippen LogP contribution in [0.3, 0.4) is 0 Å². The number of anilines is 1. The average Bonchev–Trinajstić information content (AvgIpc) is 3.19. The van der Waals surface area contributed by atoms with Crippen molar-refractivity contribution in [3.63, 3.8) is 0 Å². The Balaban J connectivity index is 1.68. The molecule has 3 aromatic heterocycles. The molecule has 1 aliphatic heterocycles. The summed E-state index contributed by atoms with van der Waals surface area (Å²) in [6, 6.07) is 1.13. The molecular weight excluding hydrogens is 393 g/mol. The first kappa shape index (κ1) is 20.0. The third-order valence-electron chi connectivity index (χ3n) is 4.78. The zero-order valence-corrected chi connectivity index (χ0v) is 16.7. The Kier molecular flexibility index (Phi) is 5.75. The maximum absolute atomic E-state index is 13.6. The first-order chi connectivity index (χ1) is 14.6. The van der Waals surface area contributed by atoms with Crippen molar-refractivity contribution in [2.24, 2.45) is 0 Å². The van der Waals surface area contributed by atoms with Crippen LogP contribution in [0.15, 0.2) is 24.7 Å². The number of pyridine rings is 1. The molecule has 30 heavy (non-hydrogen) atoms.